The molecule has 0 bridgehead atoms. The first-order valence-electron chi connectivity index (χ1n) is 32.3. The summed E-state index contributed by atoms with van der Waals surface area (Å²) < 4.78 is 0. The van der Waals surface area contributed by atoms with Crippen molar-refractivity contribution in [3.63, 3.8) is 0 Å². The SMILES string of the molecule is Cc1cc(C)cc(N(c2ccc3c(c2)C(C)(C)c2cc(/C=C/c4ccc5c(c4)C(C)(C)c4cc(/C=C/c6ccc7c(c6)C(C)(C)c6cc(N(c8cc(C)cc(C)c8)c8ccccc8-c8ccccc8)ccc6-7)ccc4-5)ccc2-3)c2ccccc2-c2ccccc2)c1. The highest BCUT2D eigenvalue weighted by atomic mass is 15.2. The predicted molar refractivity (Wildman–Crippen MR) is 389 cm³/mol. The van der Waals surface area contributed by atoms with Gasteiger partial charge in [0.2, 0.25) is 0 Å². The van der Waals surface area contributed by atoms with E-state index in [1.807, 2.05) is 0 Å². The van der Waals surface area contributed by atoms with Gasteiger partial charge < -0.3 is 9.80 Å². The van der Waals surface area contributed by atoms with E-state index in [-0.39, 0.29) is 16.2 Å². The van der Waals surface area contributed by atoms with E-state index in [9.17, 15) is 0 Å². The summed E-state index contributed by atoms with van der Waals surface area (Å²) in [5, 5.41) is 0. The number of fused-ring (bicyclic) bond motifs is 9. The van der Waals surface area contributed by atoms with E-state index in [4.69, 9.17) is 0 Å². The first-order chi connectivity index (χ1) is 44.0. The average molecular weight is 1170 g/mol. The van der Waals surface area contributed by atoms with Gasteiger partial charge in [-0.3, -0.25) is 0 Å². The molecule has 0 N–H and O–H groups in total. The molecule has 0 heterocycles. The molecule has 2 nitrogen and oxygen atoms in total. The summed E-state index contributed by atoms with van der Waals surface area (Å²) in [5.41, 5.74) is 37.0. The second kappa shape index (κ2) is 22.0. The molecule has 0 spiro atoms. The van der Waals surface area contributed by atoms with E-state index < -0.39 is 0 Å². The molecule has 0 aliphatic heterocycles. The summed E-state index contributed by atoms with van der Waals surface area (Å²) in [4.78, 5) is 4.92. The van der Waals surface area contributed by atoms with Crippen LogP contribution in [-0.2, 0) is 16.2 Å². The number of anilines is 6. The van der Waals surface area contributed by atoms with Crippen LogP contribution in [0.3, 0.4) is 0 Å². The molecule has 0 atom stereocenters. The fourth-order valence-corrected chi connectivity index (χ4v) is 15.4. The molecule has 0 aromatic heterocycles. The van der Waals surface area contributed by atoms with Gasteiger partial charge in [-0.1, -0.05) is 260 Å². The van der Waals surface area contributed by atoms with Crippen LogP contribution in [-0.4, -0.2) is 0 Å². The lowest BCUT2D eigenvalue weighted by Gasteiger charge is -2.30. The second-order valence-corrected chi connectivity index (χ2v) is 27.4. The molecule has 3 aliphatic rings. The van der Waals surface area contributed by atoms with Gasteiger partial charge in [-0.15, -0.1) is 0 Å². The number of aryl methyl sites for hydroxylation is 4. The number of para-hydroxylation sites is 2. The van der Waals surface area contributed by atoms with Crippen molar-refractivity contribution in [2.24, 2.45) is 0 Å². The predicted octanol–water partition coefficient (Wildman–Crippen LogP) is 24.5. The Balaban J connectivity index is 0.674. The van der Waals surface area contributed by atoms with E-state index in [2.05, 4.69) is 358 Å². The van der Waals surface area contributed by atoms with Crippen LogP contribution >= 0.6 is 0 Å². The molecule has 0 amide bonds. The van der Waals surface area contributed by atoms with Gasteiger partial charge in [-0.05, 0) is 211 Å². The first kappa shape index (κ1) is 57.2. The summed E-state index contributed by atoms with van der Waals surface area (Å²) in [5.74, 6) is 0. The van der Waals surface area contributed by atoms with Gasteiger partial charge in [0.1, 0.15) is 0 Å². The molecule has 3 aliphatic carbocycles. The van der Waals surface area contributed by atoms with E-state index in [1.165, 1.54) is 134 Å². The van der Waals surface area contributed by atoms with E-state index in [1.54, 1.807) is 0 Å². The van der Waals surface area contributed by atoms with Crippen LogP contribution in [0.5, 0.6) is 0 Å². The van der Waals surface area contributed by atoms with Crippen LogP contribution in [0.1, 0.15) is 119 Å². The van der Waals surface area contributed by atoms with Gasteiger partial charge >= 0.3 is 0 Å². The molecule has 12 aromatic rings. The van der Waals surface area contributed by atoms with E-state index in [0.717, 1.165) is 34.1 Å². The molecule has 0 fully saturated rings. The second-order valence-electron chi connectivity index (χ2n) is 27.4. The first-order valence-corrected chi connectivity index (χ1v) is 32.3. The summed E-state index contributed by atoms with van der Waals surface area (Å²) in [6.45, 7) is 23.2. The molecule has 0 unspecified atom stereocenters. The monoisotopic (exact) mass is 1170 g/mol. The van der Waals surface area contributed by atoms with Crippen molar-refractivity contribution in [1.29, 1.82) is 0 Å². The van der Waals surface area contributed by atoms with Crippen LogP contribution in [0.4, 0.5) is 34.1 Å². The Kier molecular flexibility index (Phi) is 13.8. The molecular formula is C89H76N2. The minimum Gasteiger partial charge on any atom is -0.310 e. The van der Waals surface area contributed by atoms with E-state index in [0.29, 0.717) is 0 Å². The Labute approximate surface area is 538 Å². The Morgan fingerprint density at radius 1 is 0.231 bits per heavy atom. The number of benzene rings is 12. The topological polar surface area (TPSA) is 6.48 Å². The fourth-order valence-electron chi connectivity index (χ4n) is 15.4. The van der Waals surface area contributed by atoms with Gasteiger partial charge in [0.25, 0.3) is 0 Å². The normalized spacial score (nSPS) is 14.2. The quantitative estimate of drug-likeness (QED) is 0.113. The Hall–Kier alpha value is -10.3. The van der Waals surface area contributed by atoms with Gasteiger partial charge in [0, 0.05) is 50.1 Å². The lowest BCUT2D eigenvalue weighted by atomic mass is 9.81. The zero-order valence-electron chi connectivity index (χ0n) is 54.0. The zero-order chi connectivity index (χ0) is 62.5. The lowest BCUT2D eigenvalue weighted by Crippen LogP contribution is -2.17. The van der Waals surface area contributed by atoms with Crippen LogP contribution in [0.2, 0.25) is 0 Å². The van der Waals surface area contributed by atoms with Crippen molar-refractivity contribution in [1.82, 2.24) is 0 Å². The summed E-state index contributed by atoms with van der Waals surface area (Å²) in [7, 11) is 0. The molecule has 0 saturated carbocycles. The third-order valence-corrected chi connectivity index (χ3v) is 19.9. The van der Waals surface area contributed by atoms with Gasteiger partial charge in [0.15, 0.2) is 0 Å². The minimum absolute atomic E-state index is 0.169. The summed E-state index contributed by atoms with van der Waals surface area (Å²) >= 11 is 0. The van der Waals surface area contributed by atoms with Gasteiger partial charge in [-0.25, -0.2) is 0 Å². The van der Waals surface area contributed by atoms with Crippen molar-refractivity contribution < 1.29 is 0 Å². The Morgan fingerprint density at radius 2 is 0.495 bits per heavy atom. The van der Waals surface area contributed by atoms with Crippen molar-refractivity contribution in [3.05, 3.63) is 333 Å². The van der Waals surface area contributed by atoms with Crippen molar-refractivity contribution >= 4 is 58.4 Å². The Morgan fingerprint density at radius 3 is 0.802 bits per heavy atom. The summed E-state index contributed by atoms with van der Waals surface area (Å²) in [6, 6.07) is 95.5. The third-order valence-electron chi connectivity index (χ3n) is 19.9. The highest BCUT2D eigenvalue weighted by Crippen LogP contribution is 2.55. The molecule has 15 rings (SSSR count). The molecule has 0 radical (unpaired) electrons. The lowest BCUT2D eigenvalue weighted by molar-refractivity contribution is 0.660. The Bertz CT molecular complexity index is 4600. The molecular weight excluding hydrogens is 1100 g/mol. The van der Waals surface area contributed by atoms with Crippen molar-refractivity contribution in [3.8, 4) is 55.6 Å². The van der Waals surface area contributed by atoms with Crippen molar-refractivity contribution in [2.45, 2.75) is 85.5 Å². The van der Waals surface area contributed by atoms with Crippen LogP contribution in [0, 0.1) is 27.7 Å². The number of nitrogens with zero attached hydrogens (tertiary/aromatic N) is 2. The minimum atomic E-state index is -0.214. The van der Waals surface area contributed by atoms with Crippen LogP contribution in [0.15, 0.2) is 255 Å². The maximum Gasteiger partial charge on any atom is 0.0540 e. The van der Waals surface area contributed by atoms with Crippen LogP contribution in [0.25, 0.3) is 79.9 Å². The highest BCUT2D eigenvalue weighted by molar-refractivity contribution is 5.94. The number of rotatable bonds is 12. The van der Waals surface area contributed by atoms with E-state index >= 15 is 0 Å². The fraction of sp³-hybridized carbons (Fsp3) is 0.146. The third kappa shape index (κ3) is 9.97. The zero-order valence-corrected chi connectivity index (χ0v) is 54.0. The molecule has 12 aromatic carbocycles. The smallest absolute Gasteiger partial charge is 0.0540 e. The number of hydrogen-bond donors (Lipinski definition) is 0. The largest absolute Gasteiger partial charge is 0.310 e. The number of hydrogen-bond acceptors (Lipinski definition) is 2. The molecule has 442 valence electrons. The molecule has 0 saturated heterocycles. The van der Waals surface area contributed by atoms with Gasteiger partial charge in [0.05, 0.1) is 11.4 Å². The maximum absolute atomic E-state index is 2.46. The van der Waals surface area contributed by atoms with Crippen molar-refractivity contribution in [2.75, 3.05) is 9.80 Å². The standard InChI is InChI=1S/C89H76N2/c1-57-45-58(2)48-69(47-57)90(85-27-19-17-25-71(85)65-21-13-11-14-22-65)67-37-43-77-75-41-35-63(53-81(75)88(7,8)83(77)55-67)31-29-61-33-39-73-74-40-34-62(52-80(74)87(5,6)79(73)51-61)30-32-64-36-42-76-78-44-38-68(56-84(78)89(9,10)82(76)54-64)91(70-49-59(3)46-60(4)50-70)86-28-20-18-26-72(86)66-23-15-12-16-24-66/h11-56H,1-10H3/b31-29+,32-30+. The van der Waals surface area contributed by atoms with Gasteiger partial charge in [-0.2, -0.15) is 0 Å². The summed E-state index contributed by atoms with van der Waals surface area (Å²) in [6.07, 6.45) is 9.21. The van der Waals surface area contributed by atoms with Crippen LogP contribution < -0.4 is 9.80 Å². The average Bonchev–Trinajstić information content (AvgIpc) is 1.62. The highest BCUT2D eigenvalue weighted by Gasteiger charge is 2.39. The maximum atomic E-state index is 2.46. The molecule has 91 heavy (non-hydrogen) atoms. The molecule has 2 heteroatoms.